The van der Waals surface area contributed by atoms with E-state index in [-0.39, 0.29) is 5.41 Å². The summed E-state index contributed by atoms with van der Waals surface area (Å²) in [5.41, 5.74) is 3.88. The van der Waals surface area contributed by atoms with E-state index in [4.69, 9.17) is 9.47 Å². The fourth-order valence-corrected chi connectivity index (χ4v) is 3.31. The van der Waals surface area contributed by atoms with Gasteiger partial charge in [-0.05, 0) is 17.7 Å². The van der Waals surface area contributed by atoms with Crippen molar-refractivity contribution in [1.29, 1.82) is 0 Å². The van der Waals surface area contributed by atoms with Gasteiger partial charge in [0.25, 0.3) is 0 Å². The van der Waals surface area contributed by atoms with E-state index >= 15 is 0 Å². The van der Waals surface area contributed by atoms with Crippen molar-refractivity contribution in [2.75, 3.05) is 13.2 Å². The molecule has 0 aromatic heterocycles. The number of aliphatic imine (C=N–C) groups is 2. The van der Waals surface area contributed by atoms with Gasteiger partial charge in [0.05, 0.1) is 11.1 Å². The Labute approximate surface area is 121 Å². The smallest absolute Gasteiger partial charge is 0.146 e. The minimum absolute atomic E-state index is 0.286. The number of benzene rings is 2. The van der Waals surface area contributed by atoms with Crippen molar-refractivity contribution < 1.29 is 9.47 Å². The van der Waals surface area contributed by atoms with Crippen LogP contribution in [0, 0.1) is 0 Å². The molecule has 1 spiro atoms. The SMILES string of the molecule is C1=Nc2cc3c(cc2OC1)C1(C=Nc2ccccc21)CO3. The number of rotatable bonds is 0. The van der Waals surface area contributed by atoms with E-state index in [1.165, 1.54) is 5.56 Å². The van der Waals surface area contributed by atoms with Gasteiger partial charge in [-0.1, -0.05) is 18.2 Å². The van der Waals surface area contributed by atoms with Crippen LogP contribution in [0.25, 0.3) is 0 Å². The number of ether oxygens (including phenoxy) is 2. The summed E-state index contributed by atoms with van der Waals surface area (Å²) < 4.78 is 11.6. The molecule has 3 aliphatic rings. The van der Waals surface area contributed by atoms with Crippen molar-refractivity contribution in [3.8, 4) is 11.5 Å². The summed E-state index contributed by atoms with van der Waals surface area (Å²) in [6.45, 7) is 1.10. The second-order valence-corrected chi connectivity index (χ2v) is 5.47. The Kier molecular flexibility index (Phi) is 1.97. The first-order valence-corrected chi connectivity index (χ1v) is 6.98. The first-order valence-electron chi connectivity index (χ1n) is 6.98. The van der Waals surface area contributed by atoms with Crippen LogP contribution in [0.4, 0.5) is 11.4 Å². The Morgan fingerprint density at radius 1 is 0.905 bits per heavy atom. The summed E-state index contributed by atoms with van der Waals surface area (Å²) >= 11 is 0. The molecule has 0 saturated carbocycles. The summed E-state index contributed by atoms with van der Waals surface area (Å²) in [6.07, 6.45) is 3.77. The van der Waals surface area contributed by atoms with E-state index in [9.17, 15) is 0 Å². The lowest BCUT2D eigenvalue weighted by molar-refractivity contribution is 0.328. The molecule has 2 aromatic rings. The number of para-hydroxylation sites is 1. The molecule has 5 rings (SSSR count). The lowest BCUT2D eigenvalue weighted by Crippen LogP contribution is -2.28. The van der Waals surface area contributed by atoms with Crippen LogP contribution in [-0.2, 0) is 5.41 Å². The molecule has 1 atom stereocenters. The lowest BCUT2D eigenvalue weighted by Gasteiger charge is -2.21. The molecule has 3 heterocycles. The maximum Gasteiger partial charge on any atom is 0.146 e. The van der Waals surface area contributed by atoms with Crippen LogP contribution < -0.4 is 9.47 Å². The molecule has 21 heavy (non-hydrogen) atoms. The lowest BCUT2D eigenvalue weighted by atomic mass is 9.78. The topological polar surface area (TPSA) is 43.2 Å². The zero-order valence-corrected chi connectivity index (χ0v) is 11.2. The summed E-state index contributed by atoms with van der Waals surface area (Å²) in [5.74, 6) is 1.69. The molecule has 102 valence electrons. The third-order valence-corrected chi connectivity index (χ3v) is 4.35. The van der Waals surface area contributed by atoms with Gasteiger partial charge in [-0.15, -0.1) is 0 Å². The van der Waals surface area contributed by atoms with E-state index in [0.29, 0.717) is 13.2 Å². The molecule has 4 nitrogen and oxygen atoms in total. The van der Waals surface area contributed by atoms with Crippen LogP contribution >= 0.6 is 0 Å². The van der Waals surface area contributed by atoms with Crippen LogP contribution in [-0.4, -0.2) is 25.6 Å². The first kappa shape index (κ1) is 11.1. The fraction of sp³-hybridized carbons (Fsp3) is 0.176. The van der Waals surface area contributed by atoms with Gasteiger partial charge in [0, 0.05) is 24.1 Å². The maximum atomic E-state index is 5.94. The van der Waals surface area contributed by atoms with Crippen molar-refractivity contribution in [3.63, 3.8) is 0 Å². The minimum atomic E-state index is -0.286. The molecular weight excluding hydrogens is 264 g/mol. The minimum Gasteiger partial charge on any atom is -0.491 e. The quantitative estimate of drug-likeness (QED) is 0.741. The zero-order chi connectivity index (χ0) is 13.9. The van der Waals surface area contributed by atoms with Gasteiger partial charge in [-0.3, -0.25) is 9.98 Å². The Morgan fingerprint density at radius 2 is 1.86 bits per heavy atom. The van der Waals surface area contributed by atoms with Gasteiger partial charge >= 0.3 is 0 Å². The molecule has 0 amide bonds. The molecule has 0 radical (unpaired) electrons. The Hall–Kier alpha value is -2.62. The average Bonchev–Trinajstić information content (AvgIpc) is 3.09. The standard InChI is InChI=1S/C17H12N2O2/c1-2-4-13-11(3-1)17(9-19-13)10-21-15-8-14-16(7-12(15)17)20-6-5-18-14/h1-5,7-9H,6,10H2. The number of hydrogen-bond donors (Lipinski definition) is 0. The normalized spacial score (nSPS) is 23.4. The van der Waals surface area contributed by atoms with Crippen molar-refractivity contribution in [1.82, 2.24) is 0 Å². The van der Waals surface area contributed by atoms with Gasteiger partial charge in [-0.25, -0.2) is 0 Å². The Bertz CT molecular complexity index is 826. The monoisotopic (exact) mass is 276 g/mol. The van der Waals surface area contributed by atoms with Crippen molar-refractivity contribution >= 4 is 23.8 Å². The average molecular weight is 276 g/mol. The van der Waals surface area contributed by atoms with Crippen LogP contribution in [0.5, 0.6) is 11.5 Å². The molecule has 4 heteroatoms. The third kappa shape index (κ3) is 1.34. The van der Waals surface area contributed by atoms with Crippen molar-refractivity contribution in [2.24, 2.45) is 9.98 Å². The van der Waals surface area contributed by atoms with Crippen LogP contribution in [0.1, 0.15) is 11.1 Å². The van der Waals surface area contributed by atoms with Gasteiger partial charge in [0.1, 0.15) is 30.4 Å². The number of hydrogen-bond acceptors (Lipinski definition) is 4. The second kappa shape index (κ2) is 3.73. The molecule has 1 unspecified atom stereocenters. The van der Waals surface area contributed by atoms with Crippen LogP contribution in [0.3, 0.4) is 0 Å². The molecule has 0 bridgehead atoms. The zero-order valence-electron chi connectivity index (χ0n) is 11.2. The van der Waals surface area contributed by atoms with E-state index in [2.05, 4.69) is 22.1 Å². The molecule has 0 fully saturated rings. The highest BCUT2D eigenvalue weighted by atomic mass is 16.5. The summed E-state index contributed by atoms with van der Waals surface area (Å²) in [4.78, 5) is 8.94. The summed E-state index contributed by atoms with van der Waals surface area (Å²) in [5, 5.41) is 0. The van der Waals surface area contributed by atoms with Gasteiger partial charge < -0.3 is 9.47 Å². The van der Waals surface area contributed by atoms with Gasteiger partial charge in [0.2, 0.25) is 0 Å². The number of fused-ring (bicyclic) bond motifs is 5. The summed E-state index contributed by atoms with van der Waals surface area (Å²) in [7, 11) is 0. The molecule has 3 aliphatic heterocycles. The van der Waals surface area contributed by atoms with Crippen molar-refractivity contribution in [2.45, 2.75) is 5.41 Å². The first-order chi connectivity index (χ1) is 10.4. The third-order valence-electron chi connectivity index (χ3n) is 4.35. The predicted molar refractivity (Wildman–Crippen MR) is 81.0 cm³/mol. The highest BCUT2D eigenvalue weighted by Gasteiger charge is 2.45. The van der Waals surface area contributed by atoms with Gasteiger partial charge in [0.15, 0.2) is 0 Å². The largest absolute Gasteiger partial charge is 0.491 e. The van der Waals surface area contributed by atoms with E-state index in [1.54, 1.807) is 6.21 Å². The highest BCUT2D eigenvalue weighted by molar-refractivity contribution is 5.92. The molecular formula is C17H12N2O2. The fourth-order valence-electron chi connectivity index (χ4n) is 3.31. The van der Waals surface area contributed by atoms with Crippen LogP contribution in [0.2, 0.25) is 0 Å². The Balaban J connectivity index is 1.76. The van der Waals surface area contributed by atoms with E-state index < -0.39 is 0 Å². The second-order valence-electron chi connectivity index (χ2n) is 5.47. The van der Waals surface area contributed by atoms with E-state index in [1.807, 2.05) is 30.5 Å². The Morgan fingerprint density at radius 3 is 2.86 bits per heavy atom. The van der Waals surface area contributed by atoms with E-state index in [0.717, 1.165) is 28.4 Å². The number of nitrogens with zero attached hydrogens (tertiary/aromatic N) is 2. The molecule has 0 aliphatic carbocycles. The summed E-state index contributed by atoms with van der Waals surface area (Å²) in [6, 6.07) is 12.2. The predicted octanol–water partition coefficient (Wildman–Crippen LogP) is 3.18. The molecule has 2 aromatic carbocycles. The van der Waals surface area contributed by atoms with Crippen molar-refractivity contribution in [3.05, 3.63) is 47.5 Å². The van der Waals surface area contributed by atoms with Gasteiger partial charge in [-0.2, -0.15) is 0 Å². The molecule has 0 N–H and O–H groups in total. The molecule has 0 saturated heterocycles. The highest BCUT2D eigenvalue weighted by Crippen LogP contribution is 2.51. The van der Waals surface area contributed by atoms with Crippen LogP contribution in [0.15, 0.2) is 46.4 Å². The maximum absolute atomic E-state index is 5.94.